The lowest BCUT2D eigenvalue weighted by molar-refractivity contribution is 0.411. The van der Waals surface area contributed by atoms with Crippen molar-refractivity contribution in [2.24, 2.45) is 5.41 Å². The van der Waals surface area contributed by atoms with Crippen LogP contribution in [-0.2, 0) is 0 Å². The minimum absolute atomic E-state index is 0.0657. The van der Waals surface area contributed by atoms with Crippen molar-refractivity contribution in [3.05, 3.63) is 85.2 Å². The molecule has 5 heterocycles. The van der Waals surface area contributed by atoms with E-state index in [4.69, 9.17) is 4.98 Å². The zero-order valence-electron chi connectivity index (χ0n) is 22.2. The number of anilines is 1. The molecule has 0 amide bonds. The van der Waals surface area contributed by atoms with Crippen LogP contribution in [-0.4, -0.2) is 35.1 Å². The summed E-state index contributed by atoms with van der Waals surface area (Å²) in [5, 5.41) is 10.7. The molecule has 1 aromatic carbocycles. The van der Waals surface area contributed by atoms with Gasteiger partial charge in [0.25, 0.3) is 0 Å². The summed E-state index contributed by atoms with van der Waals surface area (Å²) in [6.45, 7) is 10.5. The fourth-order valence-corrected chi connectivity index (χ4v) is 4.79. The number of fused-ring (bicyclic) bond motifs is 2. The molecule has 6 rings (SSSR count). The number of aromatic nitrogens is 7. The van der Waals surface area contributed by atoms with Crippen molar-refractivity contribution < 1.29 is 8.78 Å². The molecule has 8 nitrogen and oxygen atoms in total. The number of imidazole rings is 1. The van der Waals surface area contributed by atoms with Crippen molar-refractivity contribution in [1.82, 2.24) is 35.1 Å². The van der Waals surface area contributed by atoms with Crippen LogP contribution in [0.2, 0.25) is 0 Å². The summed E-state index contributed by atoms with van der Waals surface area (Å²) in [6.07, 6.45) is 8.76. The highest BCUT2D eigenvalue weighted by atomic mass is 19.1. The molecule has 0 unspecified atom stereocenters. The molecule has 3 N–H and O–H groups in total. The van der Waals surface area contributed by atoms with E-state index in [1.807, 2.05) is 0 Å². The van der Waals surface area contributed by atoms with Gasteiger partial charge >= 0.3 is 0 Å². The Morgan fingerprint density at radius 1 is 0.950 bits per heavy atom. The van der Waals surface area contributed by atoms with E-state index in [0.29, 0.717) is 50.4 Å². The molecule has 0 atom stereocenters. The summed E-state index contributed by atoms with van der Waals surface area (Å²) in [7, 11) is 0. The topological polar surface area (TPSA) is 108 Å². The quantitative estimate of drug-likeness (QED) is 0.207. The number of pyridine rings is 3. The third kappa shape index (κ3) is 4.79. The second-order valence-corrected chi connectivity index (χ2v) is 10.9. The molecular formula is C30H26F2N8. The highest BCUT2D eigenvalue weighted by Crippen LogP contribution is 2.35. The van der Waals surface area contributed by atoms with Crippen LogP contribution in [0.4, 0.5) is 14.5 Å². The number of rotatable bonds is 6. The number of H-pyrrole nitrogens is 2. The molecule has 5 aromatic heterocycles. The first kappa shape index (κ1) is 25.3. The van der Waals surface area contributed by atoms with Crippen LogP contribution in [0.25, 0.3) is 55.8 Å². The number of aromatic amines is 2. The fourth-order valence-electron chi connectivity index (χ4n) is 4.79. The number of allylic oxidation sites excluding steroid dienone is 1. The first-order chi connectivity index (χ1) is 19.2. The van der Waals surface area contributed by atoms with Crippen LogP contribution in [0, 0.1) is 17.0 Å². The van der Waals surface area contributed by atoms with Gasteiger partial charge in [-0.3, -0.25) is 20.1 Å². The SMILES string of the molecule is C=C(CC(C)(C)C)Nc1cncc(-c2ncc3[nH]nc(-c4nc5c(-c6cccc(F)c6)cncc5[nH]4)c3c2F)c1. The monoisotopic (exact) mass is 536 g/mol. The van der Waals surface area contributed by atoms with Crippen LogP contribution in [0.3, 0.4) is 0 Å². The number of halogens is 2. The first-order valence-electron chi connectivity index (χ1n) is 12.7. The third-order valence-corrected chi connectivity index (χ3v) is 6.38. The van der Waals surface area contributed by atoms with Crippen molar-refractivity contribution in [3.63, 3.8) is 0 Å². The molecule has 0 radical (unpaired) electrons. The average molecular weight is 537 g/mol. The van der Waals surface area contributed by atoms with Gasteiger partial charge in [0.1, 0.15) is 17.2 Å². The molecule has 0 saturated carbocycles. The Morgan fingerprint density at radius 3 is 2.58 bits per heavy atom. The molecule has 0 saturated heterocycles. The van der Waals surface area contributed by atoms with Gasteiger partial charge in [0, 0.05) is 29.2 Å². The summed E-state index contributed by atoms with van der Waals surface area (Å²) in [5.74, 6) is -0.578. The van der Waals surface area contributed by atoms with E-state index < -0.39 is 5.82 Å². The number of hydrogen-bond donors (Lipinski definition) is 3. The third-order valence-electron chi connectivity index (χ3n) is 6.38. The maximum atomic E-state index is 16.1. The molecule has 0 fully saturated rings. The standard InChI is InChI=1S/C30H26F2N8/c1-16(10-30(2,3)4)36-20-9-18(11-33-12-20)26-25(32)24-22(15-35-26)39-40-28(24)29-37-23-14-34-13-21(27(23)38-29)17-6-5-7-19(31)8-17/h5-9,11-15,36H,1,10H2,2-4H3,(H,37,38)(H,39,40). The van der Waals surface area contributed by atoms with Crippen LogP contribution in [0.5, 0.6) is 0 Å². The highest BCUT2D eigenvalue weighted by molar-refractivity contribution is 5.97. The summed E-state index contributed by atoms with van der Waals surface area (Å²) >= 11 is 0. The van der Waals surface area contributed by atoms with Gasteiger partial charge in [-0.25, -0.2) is 13.8 Å². The van der Waals surface area contributed by atoms with E-state index in [9.17, 15) is 4.39 Å². The lowest BCUT2D eigenvalue weighted by atomic mass is 9.91. The zero-order valence-corrected chi connectivity index (χ0v) is 22.2. The molecule has 0 aliphatic heterocycles. The van der Waals surface area contributed by atoms with Gasteiger partial charge in [-0.1, -0.05) is 39.5 Å². The largest absolute Gasteiger partial charge is 0.358 e. The molecule has 0 spiro atoms. The summed E-state index contributed by atoms with van der Waals surface area (Å²) < 4.78 is 30.0. The normalized spacial score (nSPS) is 11.8. The summed E-state index contributed by atoms with van der Waals surface area (Å²) in [5.41, 5.74) is 5.39. The van der Waals surface area contributed by atoms with E-state index in [1.54, 1.807) is 43.0 Å². The number of nitrogens with one attached hydrogen (secondary N) is 3. The molecule has 0 bridgehead atoms. The second kappa shape index (κ2) is 9.64. The minimum atomic E-state index is -0.558. The predicted molar refractivity (Wildman–Crippen MR) is 152 cm³/mol. The van der Waals surface area contributed by atoms with Gasteiger partial charge in [0.05, 0.1) is 46.2 Å². The van der Waals surface area contributed by atoms with Crippen LogP contribution >= 0.6 is 0 Å². The van der Waals surface area contributed by atoms with Crippen molar-refractivity contribution in [1.29, 1.82) is 0 Å². The minimum Gasteiger partial charge on any atom is -0.358 e. The molecule has 6 aromatic rings. The lowest BCUT2D eigenvalue weighted by Crippen LogP contribution is -2.10. The second-order valence-electron chi connectivity index (χ2n) is 10.9. The predicted octanol–water partition coefficient (Wildman–Crippen LogP) is 7.27. The van der Waals surface area contributed by atoms with Gasteiger partial charge in [-0.05, 0) is 35.6 Å². The zero-order chi connectivity index (χ0) is 28.0. The highest BCUT2D eigenvalue weighted by Gasteiger charge is 2.22. The maximum Gasteiger partial charge on any atom is 0.161 e. The fraction of sp³-hybridized carbons (Fsp3) is 0.167. The Balaban J connectivity index is 1.40. The van der Waals surface area contributed by atoms with Crippen molar-refractivity contribution in [2.45, 2.75) is 27.2 Å². The van der Waals surface area contributed by atoms with Crippen LogP contribution in [0.1, 0.15) is 27.2 Å². The van der Waals surface area contributed by atoms with Crippen molar-refractivity contribution in [2.75, 3.05) is 5.32 Å². The number of hydrogen-bond acceptors (Lipinski definition) is 6. The van der Waals surface area contributed by atoms with Gasteiger partial charge in [0.15, 0.2) is 11.6 Å². The van der Waals surface area contributed by atoms with Crippen molar-refractivity contribution >= 4 is 27.6 Å². The Kier molecular flexibility index (Phi) is 6.10. The van der Waals surface area contributed by atoms with E-state index in [-0.39, 0.29) is 22.3 Å². The van der Waals surface area contributed by atoms with Crippen molar-refractivity contribution in [3.8, 4) is 33.9 Å². The molecule has 10 heteroatoms. The summed E-state index contributed by atoms with van der Waals surface area (Å²) in [6, 6.07) is 7.99. The average Bonchev–Trinajstić information content (AvgIpc) is 3.52. The number of nitrogens with zero attached hydrogens (tertiary/aromatic N) is 5. The van der Waals surface area contributed by atoms with Gasteiger partial charge in [-0.15, -0.1) is 0 Å². The lowest BCUT2D eigenvalue weighted by Gasteiger charge is -2.20. The summed E-state index contributed by atoms with van der Waals surface area (Å²) in [4.78, 5) is 20.8. The molecule has 40 heavy (non-hydrogen) atoms. The molecular weight excluding hydrogens is 510 g/mol. The molecule has 0 aliphatic carbocycles. The number of benzene rings is 1. The maximum absolute atomic E-state index is 16.1. The Labute approximate surface area is 228 Å². The van der Waals surface area contributed by atoms with E-state index in [1.165, 1.54) is 18.3 Å². The Bertz CT molecular complexity index is 1900. The molecule has 200 valence electrons. The van der Waals surface area contributed by atoms with Gasteiger partial charge < -0.3 is 10.3 Å². The van der Waals surface area contributed by atoms with E-state index in [0.717, 1.165) is 12.1 Å². The Hall–Kier alpha value is -4.99. The van der Waals surface area contributed by atoms with E-state index >= 15 is 4.39 Å². The first-order valence-corrected chi connectivity index (χ1v) is 12.7. The van der Waals surface area contributed by atoms with Crippen LogP contribution < -0.4 is 5.32 Å². The van der Waals surface area contributed by atoms with Gasteiger partial charge in [0.2, 0.25) is 0 Å². The van der Waals surface area contributed by atoms with Crippen LogP contribution in [0.15, 0.2) is 73.6 Å². The van der Waals surface area contributed by atoms with Gasteiger partial charge in [-0.2, -0.15) is 5.10 Å². The smallest absolute Gasteiger partial charge is 0.161 e. The molecule has 0 aliphatic rings. The van der Waals surface area contributed by atoms with E-state index in [2.05, 4.69) is 62.8 Å². The Morgan fingerprint density at radius 2 is 1.77 bits per heavy atom.